The Hall–Kier alpha value is -2.63. The van der Waals surface area contributed by atoms with Crippen molar-refractivity contribution in [2.75, 3.05) is 13.2 Å². The van der Waals surface area contributed by atoms with Gasteiger partial charge >= 0.3 is 0 Å². The molecule has 0 aliphatic carbocycles. The van der Waals surface area contributed by atoms with Crippen LogP contribution in [-0.2, 0) is 14.3 Å². The molecule has 7 atom stereocenters. The fraction of sp³-hybridized carbons (Fsp3) is 0.625. The smallest absolute Gasteiger partial charge is 0.220 e. The monoisotopic (exact) mass is 687 g/mol. The van der Waals surface area contributed by atoms with Crippen LogP contribution in [-0.4, -0.2) is 87.5 Å². The fourth-order valence-electron chi connectivity index (χ4n) is 5.03. The van der Waals surface area contributed by atoms with Crippen molar-refractivity contribution >= 4 is 5.91 Å². The highest BCUT2D eigenvalue weighted by Gasteiger charge is 2.44. The van der Waals surface area contributed by atoms with Crippen LogP contribution in [0.3, 0.4) is 0 Å². The number of allylic oxidation sites excluding steroid dienone is 14. The van der Waals surface area contributed by atoms with Crippen LogP contribution in [0.5, 0.6) is 0 Å². The van der Waals surface area contributed by atoms with Crippen LogP contribution in [0.2, 0.25) is 0 Å². The van der Waals surface area contributed by atoms with E-state index in [9.17, 15) is 30.3 Å². The Kier molecular flexibility index (Phi) is 27.4. The standard InChI is InChI=1S/C40H65NO8/c1-3-5-7-8-9-10-11-12-13-14-15-16-17-18-19-20-21-22-23-24-25-26-28-30-36(44)41-33(34(43)29-27-6-4-2)32-48-40-39(47)38(46)37(45)35(31-42)49-40/h5,7,9-10,12-13,15-16,18-19,21-22,24-25,33-35,37-40,42-43,45-47H,3-4,6,8,11,14,17,20,23,26-32H2,1-2H3,(H,41,44)/b7-5-,10-9-,13-12-,16-15-,19-18-,22-21-,25-24-. The molecule has 0 spiro atoms. The zero-order valence-corrected chi connectivity index (χ0v) is 29.9. The summed E-state index contributed by atoms with van der Waals surface area (Å²) in [6.07, 6.45) is 34.0. The molecule has 1 amide bonds. The molecule has 0 aromatic rings. The third-order valence-corrected chi connectivity index (χ3v) is 8.01. The predicted molar refractivity (Wildman–Crippen MR) is 198 cm³/mol. The fourth-order valence-corrected chi connectivity index (χ4v) is 5.03. The number of carbonyl (C=O) groups is 1. The zero-order valence-electron chi connectivity index (χ0n) is 29.9. The van der Waals surface area contributed by atoms with E-state index in [4.69, 9.17) is 9.47 Å². The van der Waals surface area contributed by atoms with Gasteiger partial charge in [-0.3, -0.25) is 4.79 Å². The van der Waals surface area contributed by atoms with Crippen LogP contribution in [0.4, 0.5) is 0 Å². The van der Waals surface area contributed by atoms with Gasteiger partial charge in [0.05, 0.1) is 25.4 Å². The summed E-state index contributed by atoms with van der Waals surface area (Å²) in [7, 11) is 0. The van der Waals surface area contributed by atoms with Crippen molar-refractivity contribution in [3.8, 4) is 0 Å². The second kappa shape index (κ2) is 30.2. The first kappa shape index (κ1) is 44.4. The zero-order chi connectivity index (χ0) is 36.0. The molecule has 9 heteroatoms. The summed E-state index contributed by atoms with van der Waals surface area (Å²) in [5.74, 6) is -0.220. The Morgan fingerprint density at radius 3 is 1.71 bits per heavy atom. The van der Waals surface area contributed by atoms with Gasteiger partial charge in [-0.15, -0.1) is 0 Å². The Balaban J connectivity index is 2.29. The third-order valence-electron chi connectivity index (χ3n) is 8.01. The molecule has 0 bridgehead atoms. The Labute approximate surface area is 295 Å². The van der Waals surface area contributed by atoms with Crippen molar-refractivity contribution < 1.29 is 39.8 Å². The Morgan fingerprint density at radius 2 is 1.22 bits per heavy atom. The molecule has 49 heavy (non-hydrogen) atoms. The first-order valence-electron chi connectivity index (χ1n) is 18.3. The van der Waals surface area contributed by atoms with Gasteiger partial charge in [-0.2, -0.15) is 0 Å². The minimum absolute atomic E-state index is 0.173. The molecule has 7 unspecified atom stereocenters. The van der Waals surface area contributed by atoms with Crippen molar-refractivity contribution in [2.24, 2.45) is 0 Å². The lowest BCUT2D eigenvalue weighted by molar-refractivity contribution is -0.302. The minimum Gasteiger partial charge on any atom is -0.394 e. The van der Waals surface area contributed by atoms with E-state index < -0.39 is 49.5 Å². The van der Waals surface area contributed by atoms with Crippen molar-refractivity contribution in [1.29, 1.82) is 0 Å². The van der Waals surface area contributed by atoms with E-state index >= 15 is 0 Å². The molecule has 278 valence electrons. The number of ether oxygens (including phenoxy) is 2. The molecule has 1 heterocycles. The van der Waals surface area contributed by atoms with Gasteiger partial charge in [0.25, 0.3) is 0 Å². The second-order valence-electron chi connectivity index (χ2n) is 12.3. The lowest BCUT2D eigenvalue weighted by atomic mass is 9.99. The molecule has 1 aliphatic heterocycles. The van der Waals surface area contributed by atoms with Gasteiger partial charge < -0.3 is 40.3 Å². The van der Waals surface area contributed by atoms with Gasteiger partial charge in [-0.1, -0.05) is 118 Å². The minimum atomic E-state index is -1.56. The molecular formula is C40H65NO8. The molecule has 1 saturated heterocycles. The first-order valence-corrected chi connectivity index (χ1v) is 18.3. The molecule has 1 rings (SSSR count). The lowest BCUT2D eigenvalue weighted by Gasteiger charge is -2.40. The van der Waals surface area contributed by atoms with E-state index in [0.717, 1.165) is 70.6 Å². The highest BCUT2D eigenvalue weighted by Crippen LogP contribution is 2.22. The maximum Gasteiger partial charge on any atom is 0.220 e. The number of unbranched alkanes of at least 4 members (excludes halogenated alkanes) is 3. The second-order valence-corrected chi connectivity index (χ2v) is 12.3. The Morgan fingerprint density at radius 1 is 0.714 bits per heavy atom. The molecule has 1 fully saturated rings. The summed E-state index contributed by atoms with van der Waals surface area (Å²) in [4.78, 5) is 12.7. The van der Waals surface area contributed by atoms with Gasteiger partial charge in [0.15, 0.2) is 6.29 Å². The van der Waals surface area contributed by atoms with E-state index in [2.05, 4.69) is 104 Å². The summed E-state index contributed by atoms with van der Waals surface area (Å²) < 4.78 is 11.0. The highest BCUT2D eigenvalue weighted by molar-refractivity contribution is 5.76. The van der Waals surface area contributed by atoms with Crippen molar-refractivity contribution in [3.05, 3.63) is 85.1 Å². The van der Waals surface area contributed by atoms with Crippen LogP contribution in [0.15, 0.2) is 85.1 Å². The molecule has 0 saturated carbocycles. The number of hydrogen-bond acceptors (Lipinski definition) is 8. The van der Waals surface area contributed by atoms with Crippen LogP contribution in [0.25, 0.3) is 0 Å². The number of hydrogen-bond donors (Lipinski definition) is 6. The first-order chi connectivity index (χ1) is 23.8. The van der Waals surface area contributed by atoms with Gasteiger partial charge in [0, 0.05) is 6.42 Å². The molecule has 0 aromatic carbocycles. The average molecular weight is 688 g/mol. The molecular weight excluding hydrogens is 622 g/mol. The van der Waals surface area contributed by atoms with E-state index in [-0.39, 0.29) is 18.9 Å². The SMILES string of the molecule is CC/C=C\C/C=C\C/C=C\C/C=C\C/C=C\C/C=C\C/C=C\CCCC(=O)NC(COC1OC(CO)C(O)C(O)C1O)C(O)CCCCC. The van der Waals surface area contributed by atoms with E-state index in [0.29, 0.717) is 12.8 Å². The third kappa shape index (κ3) is 21.9. The molecule has 6 N–H and O–H groups in total. The van der Waals surface area contributed by atoms with Gasteiger partial charge in [-0.25, -0.2) is 0 Å². The summed E-state index contributed by atoms with van der Waals surface area (Å²) in [5, 5.41) is 53.3. The number of aliphatic hydroxyl groups excluding tert-OH is 5. The van der Waals surface area contributed by atoms with Gasteiger partial charge in [0.2, 0.25) is 5.91 Å². The summed E-state index contributed by atoms with van der Waals surface area (Å²) >= 11 is 0. The van der Waals surface area contributed by atoms with Crippen molar-refractivity contribution in [3.63, 3.8) is 0 Å². The maximum absolute atomic E-state index is 12.7. The summed E-state index contributed by atoms with van der Waals surface area (Å²) in [5.41, 5.74) is 0. The van der Waals surface area contributed by atoms with Crippen LogP contribution >= 0.6 is 0 Å². The van der Waals surface area contributed by atoms with Crippen LogP contribution in [0, 0.1) is 0 Å². The van der Waals surface area contributed by atoms with Crippen molar-refractivity contribution in [1.82, 2.24) is 5.32 Å². The van der Waals surface area contributed by atoms with Crippen LogP contribution in [0.1, 0.15) is 104 Å². The van der Waals surface area contributed by atoms with E-state index in [1.54, 1.807) is 0 Å². The van der Waals surface area contributed by atoms with Crippen molar-refractivity contribution in [2.45, 2.75) is 147 Å². The lowest BCUT2D eigenvalue weighted by Crippen LogP contribution is -2.60. The highest BCUT2D eigenvalue weighted by atomic mass is 16.7. The van der Waals surface area contributed by atoms with E-state index in [1.165, 1.54) is 0 Å². The largest absolute Gasteiger partial charge is 0.394 e. The number of carbonyl (C=O) groups excluding carboxylic acids is 1. The molecule has 1 aliphatic rings. The number of amides is 1. The predicted octanol–water partition coefficient (Wildman–Crippen LogP) is 6.04. The van der Waals surface area contributed by atoms with Gasteiger partial charge in [-0.05, 0) is 64.2 Å². The van der Waals surface area contributed by atoms with E-state index in [1.807, 2.05) is 0 Å². The number of rotatable bonds is 27. The number of nitrogens with one attached hydrogen (secondary N) is 1. The molecule has 9 nitrogen and oxygen atoms in total. The van der Waals surface area contributed by atoms with Gasteiger partial charge in [0.1, 0.15) is 24.4 Å². The Bertz CT molecular complexity index is 1030. The average Bonchev–Trinajstić information content (AvgIpc) is 3.10. The summed E-state index contributed by atoms with van der Waals surface area (Å²) in [6.45, 7) is 3.46. The topological polar surface area (TPSA) is 149 Å². The number of aliphatic hydroxyl groups is 5. The summed E-state index contributed by atoms with van der Waals surface area (Å²) in [6, 6.07) is -0.750. The molecule has 0 radical (unpaired) electrons. The van der Waals surface area contributed by atoms with Crippen LogP contribution < -0.4 is 5.32 Å². The quantitative estimate of drug-likeness (QED) is 0.0452. The maximum atomic E-state index is 12.7. The molecule has 0 aromatic heterocycles. The normalized spacial score (nSPS) is 23.4.